The lowest BCUT2D eigenvalue weighted by Crippen LogP contribution is -2.28. The third kappa shape index (κ3) is 2.82. The molecule has 0 unspecified atom stereocenters. The van der Waals surface area contributed by atoms with Crippen molar-refractivity contribution in [2.45, 2.75) is 63.9 Å². The number of fused-ring (bicyclic) bond motifs is 1. The van der Waals surface area contributed by atoms with Crippen LogP contribution in [-0.2, 0) is 5.60 Å². The molecule has 1 aliphatic rings. The molecule has 3 rings (SSSR count). The molecule has 0 spiro atoms. The number of hydrogen-bond donors (Lipinski definition) is 1. The van der Waals surface area contributed by atoms with Gasteiger partial charge >= 0.3 is 0 Å². The molecule has 0 amide bonds. The summed E-state index contributed by atoms with van der Waals surface area (Å²) >= 11 is 0. The second-order valence-corrected chi connectivity index (χ2v) is 6.55. The van der Waals surface area contributed by atoms with Gasteiger partial charge < -0.3 is 5.11 Å². The highest BCUT2D eigenvalue weighted by atomic mass is 16.3. The van der Waals surface area contributed by atoms with Crippen LogP contribution in [0.3, 0.4) is 0 Å². The van der Waals surface area contributed by atoms with Crippen LogP contribution in [0.2, 0.25) is 0 Å². The van der Waals surface area contributed by atoms with Crippen LogP contribution in [0, 0.1) is 0 Å². The fraction of sp³-hybridized carbons (Fsp3) is 0.526. The van der Waals surface area contributed by atoms with Gasteiger partial charge in [-0.2, -0.15) is 0 Å². The first-order chi connectivity index (χ1) is 10.1. The molecule has 1 fully saturated rings. The lowest BCUT2D eigenvalue weighted by atomic mass is 9.79. The SMILES string of the molecule is CC[C@@H](C)c1ccc2cc(C3(O)CCCCC3)ccc2n1. The summed E-state index contributed by atoms with van der Waals surface area (Å²) < 4.78 is 0. The summed E-state index contributed by atoms with van der Waals surface area (Å²) in [6.07, 6.45) is 6.37. The summed E-state index contributed by atoms with van der Waals surface area (Å²) in [5, 5.41) is 12.0. The zero-order valence-corrected chi connectivity index (χ0v) is 13.1. The Morgan fingerprint density at radius 3 is 2.62 bits per heavy atom. The lowest BCUT2D eigenvalue weighted by molar-refractivity contribution is -0.000509. The Balaban J connectivity index is 1.97. The van der Waals surface area contributed by atoms with Gasteiger partial charge in [-0.1, -0.05) is 45.2 Å². The van der Waals surface area contributed by atoms with Crippen molar-refractivity contribution in [3.8, 4) is 0 Å². The molecule has 1 N–H and O–H groups in total. The summed E-state index contributed by atoms with van der Waals surface area (Å²) in [5.74, 6) is 0.497. The molecular weight excluding hydrogens is 258 g/mol. The molecule has 2 nitrogen and oxygen atoms in total. The highest BCUT2D eigenvalue weighted by Gasteiger charge is 2.31. The molecule has 1 atom stereocenters. The largest absolute Gasteiger partial charge is 0.385 e. The van der Waals surface area contributed by atoms with Crippen LogP contribution in [0.4, 0.5) is 0 Å². The van der Waals surface area contributed by atoms with E-state index in [9.17, 15) is 5.11 Å². The van der Waals surface area contributed by atoms with Gasteiger partial charge in [0.2, 0.25) is 0 Å². The first-order valence-corrected chi connectivity index (χ1v) is 8.26. The Labute approximate surface area is 127 Å². The van der Waals surface area contributed by atoms with E-state index in [0.717, 1.165) is 54.3 Å². The number of aromatic nitrogens is 1. The van der Waals surface area contributed by atoms with Crippen molar-refractivity contribution >= 4 is 10.9 Å². The Kier molecular flexibility index (Phi) is 3.99. The van der Waals surface area contributed by atoms with Crippen LogP contribution in [0.1, 0.15) is 69.5 Å². The number of rotatable bonds is 3. The van der Waals surface area contributed by atoms with Crippen LogP contribution in [0.15, 0.2) is 30.3 Å². The number of aliphatic hydroxyl groups is 1. The Morgan fingerprint density at radius 2 is 1.90 bits per heavy atom. The number of pyridine rings is 1. The van der Waals surface area contributed by atoms with Crippen LogP contribution < -0.4 is 0 Å². The van der Waals surface area contributed by atoms with Gasteiger partial charge in [0.1, 0.15) is 0 Å². The quantitative estimate of drug-likeness (QED) is 0.869. The van der Waals surface area contributed by atoms with Crippen LogP contribution in [-0.4, -0.2) is 10.1 Å². The summed E-state index contributed by atoms with van der Waals surface area (Å²) in [4.78, 5) is 4.77. The van der Waals surface area contributed by atoms with Crippen LogP contribution >= 0.6 is 0 Å². The molecule has 0 aliphatic heterocycles. The van der Waals surface area contributed by atoms with Crippen molar-refractivity contribution in [2.24, 2.45) is 0 Å². The fourth-order valence-corrected chi connectivity index (χ4v) is 3.34. The first kappa shape index (κ1) is 14.5. The second kappa shape index (κ2) is 5.76. The molecule has 1 saturated carbocycles. The standard InChI is InChI=1S/C19H25NO/c1-3-14(2)17-9-7-15-13-16(8-10-18(15)20-17)19(21)11-5-4-6-12-19/h7-10,13-14,21H,3-6,11-12H2,1-2H3/t14-/m1/s1. The maximum atomic E-state index is 10.9. The van der Waals surface area contributed by atoms with Crippen molar-refractivity contribution in [1.29, 1.82) is 0 Å². The van der Waals surface area contributed by atoms with E-state index in [1.807, 2.05) is 0 Å². The average Bonchev–Trinajstić information content (AvgIpc) is 2.53. The maximum absolute atomic E-state index is 10.9. The smallest absolute Gasteiger partial charge is 0.0896 e. The molecule has 1 aromatic carbocycles. The van der Waals surface area contributed by atoms with Crippen molar-refractivity contribution in [3.63, 3.8) is 0 Å². The summed E-state index contributed by atoms with van der Waals surface area (Å²) in [5.41, 5.74) is 2.64. The third-order valence-corrected chi connectivity index (χ3v) is 5.05. The monoisotopic (exact) mass is 283 g/mol. The van der Waals surface area contributed by atoms with Crippen molar-refractivity contribution < 1.29 is 5.11 Å². The molecule has 21 heavy (non-hydrogen) atoms. The van der Waals surface area contributed by atoms with E-state index in [0.29, 0.717) is 5.92 Å². The predicted octanol–water partition coefficient (Wildman–Crippen LogP) is 4.90. The highest BCUT2D eigenvalue weighted by molar-refractivity contribution is 5.79. The number of nitrogens with zero attached hydrogens (tertiary/aromatic N) is 1. The van der Waals surface area contributed by atoms with Crippen molar-refractivity contribution in [3.05, 3.63) is 41.6 Å². The van der Waals surface area contributed by atoms with Gasteiger partial charge in [-0.15, -0.1) is 0 Å². The zero-order valence-electron chi connectivity index (χ0n) is 13.1. The Bertz CT molecular complexity index is 628. The molecular formula is C19H25NO. The summed E-state index contributed by atoms with van der Waals surface area (Å²) in [7, 11) is 0. The summed E-state index contributed by atoms with van der Waals surface area (Å²) in [6.45, 7) is 4.41. The van der Waals surface area contributed by atoms with E-state index < -0.39 is 5.60 Å². The predicted molar refractivity (Wildman–Crippen MR) is 87.4 cm³/mol. The van der Waals surface area contributed by atoms with E-state index in [2.05, 4.69) is 44.2 Å². The van der Waals surface area contributed by atoms with E-state index in [1.54, 1.807) is 0 Å². The molecule has 2 heteroatoms. The number of benzene rings is 1. The van der Waals surface area contributed by atoms with E-state index in [1.165, 1.54) is 6.42 Å². The van der Waals surface area contributed by atoms with Gasteiger partial charge in [-0.25, -0.2) is 0 Å². The topological polar surface area (TPSA) is 33.1 Å². The minimum atomic E-state index is -0.623. The van der Waals surface area contributed by atoms with Gasteiger partial charge in [0.05, 0.1) is 11.1 Å². The van der Waals surface area contributed by atoms with Gasteiger partial charge in [-0.05, 0) is 48.9 Å². The van der Waals surface area contributed by atoms with Crippen molar-refractivity contribution in [1.82, 2.24) is 4.98 Å². The van der Waals surface area contributed by atoms with Gasteiger partial charge in [0.25, 0.3) is 0 Å². The van der Waals surface area contributed by atoms with E-state index >= 15 is 0 Å². The van der Waals surface area contributed by atoms with Crippen LogP contribution in [0.25, 0.3) is 10.9 Å². The van der Waals surface area contributed by atoms with Crippen molar-refractivity contribution in [2.75, 3.05) is 0 Å². The minimum Gasteiger partial charge on any atom is -0.385 e. The summed E-state index contributed by atoms with van der Waals surface area (Å²) in [6, 6.07) is 10.6. The molecule has 2 aromatic rings. The Morgan fingerprint density at radius 1 is 1.14 bits per heavy atom. The Hall–Kier alpha value is -1.41. The lowest BCUT2D eigenvalue weighted by Gasteiger charge is -2.32. The second-order valence-electron chi connectivity index (χ2n) is 6.55. The molecule has 0 bridgehead atoms. The maximum Gasteiger partial charge on any atom is 0.0896 e. The molecule has 1 aliphatic carbocycles. The van der Waals surface area contributed by atoms with Gasteiger partial charge in [0.15, 0.2) is 0 Å². The number of hydrogen-bond acceptors (Lipinski definition) is 2. The average molecular weight is 283 g/mol. The fourth-order valence-electron chi connectivity index (χ4n) is 3.34. The minimum absolute atomic E-state index is 0.497. The first-order valence-electron chi connectivity index (χ1n) is 8.26. The zero-order chi connectivity index (χ0) is 14.9. The molecule has 1 aromatic heterocycles. The molecule has 1 heterocycles. The van der Waals surface area contributed by atoms with Gasteiger partial charge in [0, 0.05) is 11.1 Å². The van der Waals surface area contributed by atoms with Gasteiger partial charge in [-0.3, -0.25) is 4.98 Å². The van der Waals surface area contributed by atoms with E-state index in [-0.39, 0.29) is 0 Å². The van der Waals surface area contributed by atoms with Crippen LogP contribution in [0.5, 0.6) is 0 Å². The molecule has 0 radical (unpaired) electrons. The molecule has 112 valence electrons. The normalized spacial score (nSPS) is 19.6. The third-order valence-electron chi connectivity index (χ3n) is 5.05. The highest BCUT2D eigenvalue weighted by Crippen LogP contribution is 2.37. The van der Waals surface area contributed by atoms with E-state index in [4.69, 9.17) is 4.98 Å². The molecule has 0 saturated heterocycles.